The van der Waals surface area contributed by atoms with E-state index in [1.165, 1.54) is 0 Å². The molecule has 1 aromatic carbocycles. The maximum atomic E-state index is 13.0. The van der Waals surface area contributed by atoms with Crippen LogP contribution in [-0.4, -0.2) is 31.8 Å². The molecule has 1 aliphatic carbocycles. The van der Waals surface area contributed by atoms with Crippen LogP contribution in [0.15, 0.2) is 42.7 Å². The van der Waals surface area contributed by atoms with E-state index in [1.807, 2.05) is 30.3 Å². The molecule has 4 bridgehead atoms. The molecule has 3 aliphatic rings. The van der Waals surface area contributed by atoms with Gasteiger partial charge < -0.3 is 14.6 Å². The SMILES string of the molecule is O=C1Nc2cccc(n2)-c2nncn2[C@H]2CC[C@H](CC2)Oc2ccc(I)cc21. The monoisotopic (exact) mass is 487 g/mol. The molecule has 28 heavy (non-hydrogen) atoms. The zero-order chi connectivity index (χ0) is 19.1. The number of hydrogen-bond acceptors (Lipinski definition) is 5. The van der Waals surface area contributed by atoms with E-state index in [0.29, 0.717) is 28.9 Å². The maximum Gasteiger partial charge on any atom is 0.260 e. The first-order valence-electron chi connectivity index (χ1n) is 9.32. The topological polar surface area (TPSA) is 81.9 Å². The molecule has 142 valence electrons. The first kappa shape index (κ1) is 17.6. The molecule has 4 heterocycles. The van der Waals surface area contributed by atoms with E-state index >= 15 is 0 Å². The smallest absolute Gasteiger partial charge is 0.260 e. The summed E-state index contributed by atoms with van der Waals surface area (Å²) in [6.45, 7) is 0. The van der Waals surface area contributed by atoms with Gasteiger partial charge in [0.15, 0.2) is 5.82 Å². The van der Waals surface area contributed by atoms with Crippen molar-refractivity contribution < 1.29 is 9.53 Å². The van der Waals surface area contributed by atoms with Gasteiger partial charge in [0, 0.05) is 9.61 Å². The van der Waals surface area contributed by atoms with Gasteiger partial charge in [-0.2, -0.15) is 0 Å². The summed E-state index contributed by atoms with van der Waals surface area (Å²) in [6, 6.07) is 11.6. The lowest BCUT2D eigenvalue weighted by molar-refractivity contribution is 0.100. The van der Waals surface area contributed by atoms with Gasteiger partial charge >= 0.3 is 0 Å². The van der Waals surface area contributed by atoms with Gasteiger partial charge in [0.05, 0.1) is 11.7 Å². The van der Waals surface area contributed by atoms with Gasteiger partial charge in [0.1, 0.15) is 23.6 Å². The largest absolute Gasteiger partial charge is 0.490 e. The van der Waals surface area contributed by atoms with Crippen molar-refractivity contribution in [3.63, 3.8) is 0 Å². The van der Waals surface area contributed by atoms with Crippen molar-refractivity contribution >= 4 is 34.3 Å². The molecule has 1 N–H and O–H groups in total. The lowest BCUT2D eigenvalue weighted by Gasteiger charge is -2.30. The normalized spacial score (nSPS) is 21.1. The molecule has 8 heteroatoms. The molecule has 6 rings (SSSR count). The van der Waals surface area contributed by atoms with E-state index in [4.69, 9.17) is 4.74 Å². The third-order valence-electron chi connectivity index (χ3n) is 5.31. The Morgan fingerprint density at radius 1 is 1.14 bits per heavy atom. The van der Waals surface area contributed by atoms with Crippen molar-refractivity contribution in [1.82, 2.24) is 19.7 Å². The predicted octanol–water partition coefficient (Wildman–Crippen LogP) is 4.07. The number of anilines is 1. The Morgan fingerprint density at radius 2 is 2.00 bits per heavy atom. The number of pyridine rings is 1. The number of rotatable bonds is 0. The second kappa shape index (κ2) is 7.16. The molecule has 1 saturated carbocycles. The van der Waals surface area contributed by atoms with E-state index in [0.717, 1.165) is 35.1 Å². The van der Waals surface area contributed by atoms with Crippen LogP contribution in [0.4, 0.5) is 5.82 Å². The number of halogens is 1. The van der Waals surface area contributed by atoms with Crippen LogP contribution in [0, 0.1) is 3.57 Å². The number of benzene rings is 1. The van der Waals surface area contributed by atoms with Crippen LogP contribution in [0.25, 0.3) is 11.5 Å². The first-order chi connectivity index (χ1) is 13.7. The number of amides is 1. The summed E-state index contributed by atoms with van der Waals surface area (Å²) in [5, 5.41) is 11.3. The van der Waals surface area contributed by atoms with Gasteiger partial charge in [-0.3, -0.25) is 4.79 Å². The molecule has 1 amide bonds. The second-order valence-electron chi connectivity index (χ2n) is 7.11. The third kappa shape index (κ3) is 3.25. The Bertz CT molecular complexity index is 1040. The van der Waals surface area contributed by atoms with Crippen LogP contribution in [-0.2, 0) is 0 Å². The van der Waals surface area contributed by atoms with E-state index < -0.39 is 0 Å². The van der Waals surface area contributed by atoms with Crippen molar-refractivity contribution in [2.75, 3.05) is 5.32 Å². The third-order valence-corrected chi connectivity index (χ3v) is 5.98. The maximum absolute atomic E-state index is 13.0. The van der Waals surface area contributed by atoms with Crippen molar-refractivity contribution in [3.05, 3.63) is 51.9 Å². The second-order valence-corrected chi connectivity index (χ2v) is 8.36. The number of ether oxygens (including phenoxy) is 1. The van der Waals surface area contributed by atoms with Crippen LogP contribution in [0.3, 0.4) is 0 Å². The summed E-state index contributed by atoms with van der Waals surface area (Å²) in [4.78, 5) is 17.6. The highest BCUT2D eigenvalue weighted by atomic mass is 127. The Hall–Kier alpha value is -2.49. The highest BCUT2D eigenvalue weighted by Crippen LogP contribution is 2.34. The summed E-state index contributed by atoms with van der Waals surface area (Å²) in [5.41, 5.74) is 1.23. The van der Waals surface area contributed by atoms with Crippen molar-refractivity contribution in [1.29, 1.82) is 0 Å². The highest BCUT2D eigenvalue weighted by molar-refractivity contribution is 14.1. The van der Waals surface area contributed by atoms with Crippen LogP contribution in [0.5, 0.6) is 5.75 Å². The minimum absolute atomic E-state index is 0.0988. The molecule has 2 aliphatic heterocycles. The number of aromatic nitrogens is 4. The lowest BCUT2D eigenvalue weighted by Crippen LogP contribution is -2.27. The van der Waals surface area contributed by atoms with E-state index in [9.17, 15) is 4.79 Å². The zero-order valence-corrected chi connectivity index (χ0v) is 17.2. The molecule has 0 unspecified atom stereocenters. The summed E-state index contributed by atoms with van der Waals surface area (Å²) in [5.74, 6) is 1.60. The fourth-order valence-electron chi connectivity index (χ4n) is 3.91. The quantitative estimate of drug-likeness (QED) is 0.484. The molecule has 0 saturated heterocycles. The number of hydrogen-bond donors (Lipinski definition) is 1. The van der Waals surface area contributed by atoms with Crippen molar-refractivity contribution in [2.24, 2.45) is 0 Å². The van der Waals surface area contributed by atoms with Gasteiger partial charge in [-0.15, -0.1) is 10.2 Å². The fourth-order valence-corrected chi connectivity index (χ4v) is 4.40. The molecule has 3 aromatic rings. The highest BCUT2D eigenvalue weighted by Gasteiger charge is 2.27. The van der Waals surface area contributed by atoms with Crippen LogP contribution in [0.1, 0.15) is 42.1 Å². The summed E-state index contributed by atoms with van der Waals surface area (Å²) >= 11 is 2.20. The number of carbonyl (C=O) groups excluding carboxylic acids is 1. The summed E-state index contributed by atoms with van der Waals surface area (Å²) in [7, 11) is 0. The number of carbonyl (C=O) groups is 1. The Labute approximate surface area is 175 Å². The van der Waals surface area contributed by atoms with E-state index in [1.54, 1.807) is 12.4 Å². The standard InChI is InChI=1S/C20H18IN5O2/c21-12-4-9-17-15(10-12)20(27)24-18-3-1-2-16(23-18)19-25-22-11-26(19)13-5-7-14(28-17)8-6-13/h1-4,9-11,13-14H,5-8H2,(H,23,24,27)/t13-,14+. The number of nitrogens with zero attached hydrogens (tertiary/aromatic N) is 4. The molecule has 0 atom stereocenters. The average Bonchev–Trinajstić information content (AvgIpc) is 3.19. The molecular weight excluding hydrogens is 469 g/mol. The van der Waals surface area contributed by atoms with Crippen LogP contribution >= 0.6 is 22.6 Å². The molecule has 0 spiro atoms. The minimum Gasteiger partial charge on any atom is -0.490 e. The van der Waals surface area contributed by atoms with Gasteiger partial charge in [0.25, 0.3) is 5.91 Å². The molecule has 1 fully saturated rings. The number of fused-ring (bicyclic) bond motifs is 3. The average molecular weight is 487 g/mol. The van der Waals surface area contributed by atoms with Crippen LogP contribution in [0.2, 0.25) is 0 Å². The van der Waals surface area contributed by atoms with E-state index in [-0.39, 0.29) is 12.0 Å². The summed E-state index contributed by atoms with van der Waals surface area (Å²) in [6.07, 6.45) is 5.66. The van der Waals surface area contributed by atoms with Gasteiger partial charge in [-0.25, -0.2) is 4.98 Å². The molecular formula is C20H18IN5O2. The zero-order valence-electron chi connectivity index (χ0n) is 15.0. The lowest BCUT2D eigenvalue weighted by atomic mass is 9.92. The minimum atomic E-state index is -0.231. The Morgan fingerprint density at radius 3 is 2.86 bits per heavy atom. The van der Waals surface area contributed by atoms with Gasteiger partial charge in [0.2, 0.25) is 0 Å². The summed E-state index contributed by atoms with van der Waals surface area (Å²) < 4.78 is 9.34. The molecule has 2 aromatic heterocycles. The Balaban J connectivity index is 1.62. The van der Waals surface area contributed by atoms with Crippen molar-refractivity contribution in [2.45, 2.75) is 37.8 Å². The van der Waals surface area contributed by atoms with Gasteiger partial charge in [-0.05, 0) is 78.6 Å². The molecule has 0 radical (unpaired) electrons. The van der Waals surface area contributed by atoms with E-state index in [2.05, 4.69) is 47.7 Å². The molecule has 7 nitrogen and oxygen atoms in total. The number of nitrogens with one attached hydrogen (secondary N) is 1. The fraction of sp³-hybridized carbons (Fsp3) is 0.300. The first-order valence-corrected chi connectivity index (χ1v) is 10.4. The van der Waals surface area contributed by atoms with Crippen molar-refractivity contribution in [3.8, 4) is 17.3 Å². The van der Waals surface area contributed by atoms with Crippen LogP contribution < -0.4 is 10.1 Å². The Kier molecular flexibility index (Phi) is 4.50. The van der Waals surface area contributed by atoms with Gasteiger partial charge in [-0.1, -0.05) is 6.07 Å². The predicted molar refractivity (Wildman–Crippen MR) is 112 cm³/mol.